The third-order valence-corrected chi connectivity index (χ3v) is 0. The predicted octanol–water partition coefficient (Wildman–Crippen LogP) is 0.292. The first-order valence-electron chi connectivity index (χ1n) is 0.204. The first-order valence-corrected chi connectivity index (χ1v) is 0.612. The summed E-state index contributed by atoms with van der Waals surface area (Å²) >= 11 is 3.33. The molecule has 0 fully saturated rings. The molecule has 0 spiro atoms. The number of halogens is 1. The zero-order valence-electron chi connectivity index (χ0n) is 4.02. The van der Waals surface area contributed by atoms with Crippen LogP contribution in [-0.2, 0) is 12.4 Å². The average molecular weight is 109 g/mol. The van der Waals surface area contributed by atoms with Crippen LogP contribution in [0.2, 0.25) is 0 Å². The molecule has 0 rings (SSSR count). The Hall–Kier alpha value is 1.21. The molecule has 0 heterocycles. The van der Waals surface area contributed by atoms with Gasteiger partial charge in [0.05, 0.1) is 0 Å². The summed E-state index contributed by atoms with van der Waals surface area (Å²) in [5.74, 6) is 0. The summed E-state index contributed by atoms with van der Waals surface area (Å²) in [7, 11) is 0. The normalized spacial score (nSPS) is 1.00. The molecule has 0 aliphatic heterocycles. The summed E-state index contributed by atoms with van der Waals surface area (Å²) < 4.78 is 5.33. The quantitative estimate of drug-likeness (QED) is 0.444. The zero-order chi connectivity index (χ0) is 2.00. The molecule has 0 radical (unpaired) electrons. The van der Waals surface area contributed by atoms with E-state index in [1.54, 1.807) is 0 Å². The average Bonchev–Trinajstić information content (AvgIpc) is 1.00. The van der Waals surface area contributed by atoms with Crippen molar-refractivity contribution in [3.63, 3.8) is 0 Å². The van der Waals surface area contributed by atoms with Gasteiger partial charge in [-0.2, -0.15) is 0 Å². The summed E-state index contributed by atoms with van der Waals surface area (Å²) in [4.78, 5) is 0. The number of hydrogen-bond acceptors (Lipinski definition) is 2. The molecule has 4 heteroatoms. The van der Waals surface area contributed by atoms with Crippen LogP contribution in [-0.4, -0.2) is 37.7 Å². The fourth-order valence-corrected chi connectivity index (χ4v) is 0. The Kier molecular flexibility index (Phi) is 140. The fourth-order valence-electron chi connectivity index (χ4n) is 0. The number of nitrogens with one attached hydrogen (secondary N) is 1. The third-order valence-electron chi connectivity index (χ3n) is 0. The van der Waals surface area contributed by atoms with Gasteiger partial charge in [-0.05, 0) is 0 Å². The number of rotatable bonds is 0. The standard InChI is InChI=1S/Ca.FH.HNS.2H/c;;1-2;;/h;1H;1H;;/q+2;;;2*-1. The van der Waals surface area contributed by atoms with Gasteiger partial charge in [-0.1, -0.05) is 0 Å². The van der Waals surface area contributed by atoms with Crippen molar-refractivity contribution in [1.82, 2.24) is 0 Å². The van der Waals surface area contributed by atoms with Crippen LogP contribution in [0.15, 0.2) is 0 Å². The molecule has 0 atom stereocenters. The summed E-state index contributed by atoms with van der Waals surface area (Å²) in [6.07, 6.45) is 0. The second-order valence-corrected chi connectivity index (χ2v) is 0. The summed E-state index contributed by atoms with van der Waals surface area (Å²) in [5.41, 5.74) is 0. The van der Waals surface area contributed by atoms with Gasteiger partial charge in [0.2, 0.25) is 0 Å². The molecule has 4 heavy (non-hydrogen) atoms. The van der Waals surface area contributed by atoms with Gasteiger partial charge in [-0.3, -0.25) is 4.70 Å². The van der Waals surface area contributed by atoms with Crippen LogP contribution in [0.25, 0.3) is 0 Å². The Bertz CT molecular complexity index is 13.5. The van der Waals surface area contributed by atoms with E-state index >= 15 is 0 Å². The SMILES string of the molecule is F.N=S.[Ca+2].[H-].[H-]. The Morgan fingerprint density at radius 1 is 1.50 bits per heavy atom. The van der Waals surface area contributed by atoms with Crippen molar-refractivity contribution < 1.29 is 7.56 Å². The second-order valence-electron chi connectivity index (χ2n) is 0. The van der Waals surface area contributed by atoms with Crippen LogP contribution in [0.4, 0.5) is 4.70 Å². The van der Waals surface area contributed by atoms with Crippen molar-refractivity contribution >= 4 is 50.2 Å². The Labute approximate surface area is 62.1 Å². The Morgan fingerprint density at radius 2 is 1.50 bits per heavy atom. The Morgan fingerprint density at radius 3 is 1.50 bits per heavy atom. The first-order chi connectivity index (χ1) is 1.00. The van der Waals surface area contributed by atoms with E-state index in [1.165, 1.54) is 0 Å². The van der Waals surface area contributed by atoms with E-state index in [9.17, 15) is 0 Å². The van der Waals surface area contributed by atoms with Crippen LogP contribution < -0.4 is 0 Å². The molecule has 1 N–H and O–H groups in total. The van der Waals surface area contributed by atoms with Crippen molar-refractivity contribution in [3.8, 4) is 0 Å². The summed E-state index contributed by atoms with van der Waals surface area (Å²) in [6, 6.07) is 0. The van der Waals surface area contributed by atoms with Crippen LogP contribution in [0.5, 0.6) is 0 Å². The fraction of sp³-hybridized carbons (Fsp3) is 0. The maximum absolute atomic E-state index is 5.33. The van der Waals surface area contributed by atoms with Crippen molar-refractivity contribution in [2.75, 3.05) is 0 Å². The van der Waals surface area contributed by atoms with Crippen molar-refractivity contribution in [2.45, 2.75) is 0 Å². The first kappa shape index (κ1) is 18.9. The molecule has 24 valence electrons. The molecule has 0 aromatic carbocycles. The van der Waals surface area contributed by atoms with E-state index < -0.39 is 0 Å². The zero-order valence-corrected chi connectivity index (χ0v) is 5.05. The smallest absolute Gasteiger partial charge is 1.00 e. The minimum atomic E-state index is 0. The molecular formula is H4CaFNS. The van der Waals surface area contributed by atoms with Gasteiger partial charge in [-0.15, -0.1) is 0 Å². The molecule has 0 bridgehead atoms. The molecular weight excluding hydrogens is 105 g/mol. The van der Waals surface area contributed by atoms with E-state index in [0.717, 1.165) is 0 Å². The molecule has 0 aromatic heterocycles. The predicted molar refractivity (Wildman–Crippen MR) is 20.6 cm³/mol. The van der Waals surface area contributed by atoms with Gasteiger partial charge in [0.15, 0.2) is 0 Å². The molecule has 1 nitrogen and oxygen atoms in total. The van der Waals surface area contributed by atoms with Crippen molar-refractivity contribution in [2.24, 2.45) is 0 Å². The minimum Gasteiger partial charge on any atom is -1.00 e. The van der Waals surface area contributed by atoms with Gasteiger partial charge in [0.1, 0.15) is 0 Å². The minimum absolute atomic E-state index is 0. The Balaban J connectivity index is -0.000000000833. The van der Waals surface area contributed by atoms with Gasteiger partial charge in [0.25, 0.3) is 0 Å². The van der Waals surface area contributed by atoms with Crippen LogP contribution in [0.1, 0.15) is 2.85 Å². The van der Waals surface area contributed by atoms with E-state index in [4.69, 9.17) is 4.78 Å². The number of hydrogen-bond donors (Lipinski definition) is 1. The topological polar surface area (TPSA) is 23.9 Å². The third kappa shape index (κ3) is 10.7. The van der Waals surface area contributed by atoms with Crippen LogP contribution in [0.3, 0.4) is 0 Å². The molecule has 0 saturated heterocycles. The van der Waals surface area contributed by atoms with Gasteiger partial charge in [0, 0.05) is 12.4 Å². The van der Waals surface area contributed by atoms with Crippen molar-refractivity contribution in [1.29, 1.82) is 4.78 Å². The molecule has 0 aliphatic carbocycles. The molecule has 0 amide bonds. The van der Waals surface area contributed by atoms with Crippen LogP contribution >= 0.6 is 0 Å². The van der Waals surface area contributed by atoms with E-state index in [-0.39, 0.29) is 45.3 Å². The summed E-state index contributed by atoms with van der Waals surface area (Å²) in [5, 5.41) is 0. The largest absolute Gasteiger partial charge is 2.00 e. The van der Waals surface area contributed by atoms with Gasteiger partial charge >= 0.3 is 37.7 Å². The van der Waals surface area contributed by atoms with Crippen LogP contribution in [0, 0.1) is 4.78 Å². The molecule has 0 aromatic rings. The van der Waals surface area contributed by atoms with E-state index in [0.29, 0.717) is 0 Å². The van der Waals surface area contributed by atoms with Gasteiger partial charge in [-0.25, -0.2) is 4.78 Å². The molecule has 0 unspecified atom stereocenters. The van der Waals surface area contributed by atoms with E-state index in [1.807, 2.05) is 0 Å². The molecule has 0 saturated carbocycles. The maximum Gasteiger partial charge on any atom is 2.00 e. The monoisotopic (exact) mass is 109 g/mol. The second kappa shape index (κ2) is 29.6. The summed E-state index contributed by atoms with van der Waals surface area (Å²) in [6.45, 7) is 0. The molecule has 0 aliphatic rings. The van der Waals surface area contributed by atoms with Crippen molar-refractivity contribution in [3.05, 3.63) is 0 Å². The maximum atomic E-state index is 5.33. The van der Waals surface area contributed by atoms with Gasteiger partial charge < -0.3 is 2.85 Å². The van der Waals surface area contributed by atoms with E-state index in [2.05, 4.69) is 12.4 Å².